The third-order valence-electron chi connectivity index (χ3n) is 3.74. The van der Waals surface area contributed by atoms with E-state index >= 15 is 0 Å². The number of aromatic nitrogens is 2. The Balaban J connectivity index is 1.95. The lowest BCUT2D eigenvalue weighted by Crippen LogP contribution is -2.24. The van der Waals surface area contributed by atoms with Crippen LogP contribution in [0.5, 0.6) is 0 Å². The number of ether oxygens (including phenoxy) is 1. The lowest BCUT2D eigenvalue weighted by Gasteiger charge is -2.10. The van der Waals surface area contributed by atoms with Crippen LogP contribution in [0.25, 0.3) is 11.5 Å². The first-order chi connectivity index (χ1) is 12.8. The normalized spacial score (nSPS) is 11.3. The van der Waals surface area contributed by atoms with Crippen molar-refractivity contribution in [3.05, 3.63) is 58.8 Å². The summed E-state index contributed by atoms with van der Waals surface area (Å²) in [4.78, 5) is 26.0. The molecule has 3 aromatic rings. The molecule has 2 N–H and O–H groups in total. The summed E-state index contributed by atoms with van der Waals surface area (Å²) in [5.41, 5.74) is 0.336. The highest BCUT2D eigenvalue weighted by atomic mass is 32.2. The maximum absolute atomic E-state index is 12.8. The lowest BCUT2D eigenvalue weighted by atomic mass is 10.2. The number of imidazole rings is 1. The summed E-state index contributed by atoms with van der Waals surface area (Å²) >= 11 is 0. The Bertz CT molecular complexity index is 1130. The van der Waals surface area contributed by atoms with Gasteiger partial charge < -0.3 is 14.1 Å². The Morgan fingerprint density at radius 2 is 2.11 bits per heavy atom. The predicted octanol–water partition coefficient (Wildman–Crippen LogP) is 2.55. The molecule has 0 bridgehead atoms. The van der Waals surface area contributed by atoms with E-state index in [-0.39, 0.29) is 17.2 Å². The molecular weight excluding hydrogens is 374 g/mol. The van der Waals surface area contributed by atoms with E-state index in [1.54, 1.807) is 26.0 Å². The maximum Gasteiger partial charge on any atom is 0.411 e. The molecule has 3 rings (SSSR count). The van der Waals surface area contributed by atoms with Crippen molar-refractivity contribution in [1.29, 1.82) is 0 Å². The Hall–Kier alpha value is -3.27. The quantitative estimate of drug-likeness (QED) is 0.689. The van der Waals surface area contributed by atoms with Crippen molar-refractivity contribution in [2.75, 3.05) is 11.9 Å². The van der Waals surface area contributed by atoms with Gasteiger partial charge >= 0.3 is 11.8 Å². The fourth-order valence-corrected chi connectivity index (χ4v) is 3.74. The number of furan rings is 1. The molecule has 9 nitrogen and oxygen atoms in total. The minimum atomic E-state index is -4.13. The number of anilines is 1. The number of hydrogen-bond acceptors (Lipinski definition) is 6. The third-order valence-corrected chi connectivity index (χ3v) is 5.38. The third kappa shape index (κ3) is 3.65. The van der Waals surface area contributed by atoms with Crippen LogP contribution >= 0.6 is 0 Å². The summed E-state index contributed by atoms with van der Waals surface area (Å²) in [6, 6.07) is 7.32. The molecule has 0 unspecified atom stereocenters. The smallest absolute Gasteiger partial charge is 0.411 e. The molecule has 0 saturated heterocycles. The maximum atomic E-state index is 12.8. The van der Waals surface area contributed by atoms with E-state index in [2.05, 4.69) is 10.3 Å². The highest BCUT2D eigenvalue weighted by Crippen LogP contribution is 2.23. The first-order valence-corrected chi connectivity index (χ1v) is 9.42. The molecular formula is C17H17N3O6S. The van der Waals surface area contributed by atoms with Crippen LogP contribution < -0.4 is 11.0 Å². The van der Waals surface area contributed by atoms with E-state index in [1.165, 1.54) is 24.5 Å². The van der Waals surface area contributed by atoms with Gasteiger partial charge in [-0.05, 0) is 49.7 Å². The van der Waals surface area contributed by atoms with Gasteiger partial charge in [0.1, 0.15) is 5.69 Å². The van der Waals surface area contributed by atoms with Gasteiger partial charge in [-0.3, -0.25) is 5.32 Å². The predicted molar refractivity (Wildman–Crippen MR) is 97.2 cm³/mol. The van der Waals surface area contributed by atoms with E-state index in [4.69, 9.17) is 9.15 Å². The van der Waals surface area contributed by atoms with Crippen LogP contribution in [-0.2, 0) is 14.8 Å². The number of hydrogen-bond donors (Lipinski definition) is 2. The van der Waals surface area contributed by atoms with Gasteiger partial charge in [-0.15, -0.1) is 0 Å². The molecule has 142 valence electrons. The summed E-state index contributed by atoms with van der Waals surface area (Å²) in [7, 11) is -4.13. The highest BCUT2D eigenvalue weighted by molar-refractivity contribution is 7.90. The van der Waals surface area contributed by atoms with E-state index in [9.17, 15) is 18.0 Å². The van der Waals surface area contributed by atoms with Crippen LogP contribution in [0.3, 0.4) is 0 Å². The Morgan fingerprint density at radius 1 is 1.33 bits per heavy atom. The molecule has 0 atom stereocenters. The summed E-state index contributed by atoms with van der Waals surface area (Å²) in [5.74, 6) is 0.339. The van der Waals surface area contributed by atoms with Crippen molar-refractivity contribution in [3.8, 4) is 11.5 Å². The second kappa shape index (κ2) is 7.16. The molecule has 2 heterocycles. The Labute approximate surface area is 154 Å². The molecule has 0 fully saturated rings. The largest absolute Gasteiger partial charge is 0.463 e. The van der Waals surface area contributed by atoms with Crippen molar-refractivity contribution in [3.63, 3.8) is 0 Å². The molecule has 0 spiro atoms. The number of aromatic amines is 1. The van der Waals surface area contributed by atoms with Gasteiger partial charge in [0.05, 0.1) is 24.0 Å². The van der Waals surface area contributed by atoms with Gasteiger partial charge in [-0.2, -0.15) is 3.97 Å². The van der Waals surface area contributed by atoms with E-state index in [0.29, 0.717) is 21.0 Å². The summed E-state index contributed by atoms with van der Waals surface area (Å²) in [5, 5.41) is 2.52. The fourth-order valence-electron chi connectivity index (χ4n) is 2.44. The van der Waals surface area contributed by atoms with E-state index in [0.717, 1.165) is 6.20 Å². The van der Waals surface area contributed by atoms with Crippen molar-refractivity contribution in [2.24, 2.45) is 0 Å². The Morgan fingerprint density at radius 3 is 2.74 bits per heavy atom. The lowest BCUT2D eigenvalue weighted by molar-refractivity contribution is 0.168. The molecule has 1 amide bonds. The van der Waals surface area contributed by atoms with Gasteiger partial charge in [0, 0.05) is 5.69 Å². The number of benzene rings is 1. The Kier molecular flexibility index (Phi) is 4.91. The van der Waals surface area contributed by atoms with Crippen molar-refractivity contribution >= 4 is 21.8 Å². The SMILES string of the molecule is CCOC(=O)Nc1ccc(S(=O)(=O)n2cc(-c3ccco3)[nH]c2=O)cc1C. The number of carbonyl (C=O) groups is 1. The number of rotatable bonds is 5. The number of H-pyrrole nitrogens is 1. The van der Waals surface area contributed by atoms with Gasteiger partial charge in [0.25, 0.3) is 10.0 Å². The van der Waals surface area contributed by atoms with Crippen LogP contribution in [0.15, 0.2) is 56.9 Å². The molecule has 0 aliphatic carbocycles. The molecule has 0 aliphatic heterocycles. The molecule has 10 heteroatoms. The minimum absolute atomic E-state index is 0.0958. The van der Waals surface area contributed by atoms with Crippen molar-refractivity contribution < 1.29 is 22.4 Å². The standard InChI is InChI=1S/C17H17N3O6S/c1-3-25-17(22)19-13-7-6-12(9-11(13)2)27(23,24)20-10-14(18-16(20)21)15-5-4-8-26-15/h4-10H,3H2,1-2H3,(H,18,21)(H,19,22). The number of carbonyl (C=O) groups excluding carboxylic acids is 1. The van der Waals surface area contributed by atoms with Crippen LogP contribution in [-0.4, -0.2) is 30.1 Å². The highest BCUT2D eigenvalue weighted by Gasteiger charge is 2.22. The molecule has 27 heavy (non-hydrogen) atoms. The summed E-state index contributed by atoms with van der Waals surface area (Å²) in [6.45, 7) is 3.52. The fraction of sp³-hybridized carbons (Fsp3) is 0.176. The summed E-state index contributed by atoms with van der Waals surface area (Å²) in [6.07, 6.45) is 1.94. The zero-order valence-corrected chi connectivity index (χ0v) is 15.4. The average Bonchev–Trinajstić information content (AvgIpc) is 3.26. The summed E-state index contributed by atoms with van der Waals surface area (Å²) < 4.78 is 36.2. The molecule has 0 saturated carbocycles. The zero-order chi connectivity index (χ0) is 19.6. The second-order valence-electron chi connectivity index (χ2n) is 5.57. The van der Waals surface area contributed by atoms with Gasteiger partial charge in [-0.1, -0.05) is 0 Å². The first kappa shape index (κ1) is 18.5. The van der Waals surface area contributed by atoms with Crippen LogP contribution in [0, 0.1) is 6.92 Å². The topological polar surface area (TPSA) is 123 Å². The van der Waals surface area contributed by atoms with Gasteiger partial charge in [0.15, 0.2) is 5.76 Å². The molecule has 2 aromatic heterocycles. The van der Waals surface area contributed by atoms with Crippen molar-refractivity contribution in [1.82, 2.24) is 8.96 Å². The monoisotopic (exact) mass is 391 g/mol. The van der Waals surface area contributed by atoms with Gasteiger partial charge in [0.2, 0.25) is 0 Å². The zero-order valence-electron chi connectivity index (χ0n) is 14.6. The van der Waals surface area contributed by atoms with Gasteiger partial charge in [-0.25, -0.2) is 18.0 Å². The van der Waals surface area contributed by atoms with Crippen molar-refractivity contribution in [2.45, 2.75) is 18.7 Å². The minimum Gasteiger partial charge on any atom is -0.463 e. The van der Waals surface area contributed by atoms with Crippen LogP contribution in [0.2, 0.25) is 0 Å². The average molecular weight is 391 g/mol. The van der Waals surface area contributed by atoms with Crippen LogP contribution in [0.1, 0.15) is 12.5 Å². The first-order valence-electron chi connectivity index (χ1n) is 7.98. The number of nitrogens with one attached hydrogen (secondary N) is 2. The number of nitrogens with zero attached hydrogens (tertiary/aromatic N) is 1. The van der Waals surface area contributed by atoms with Crippen LogP contribution in [0.4, 0.5) is 10.5 Å². The molecule has 0 aliphatic rings. The number of aryl methyl sites for hydroxylation is 1. The molecule has 0 radical (unpaired) electrons. The van der Waals surface area contributed by atoms with E-state index in [1.807, 2.05) is 0 Å². The van der Waals surface area contributed by atoms with E-state index < -0.39 is 21.8 Å². The second-order valence-corrected chi connectivity index (χ2v) is 7.39. The molecule has 1 aromatic carbocycles. The number of amides is 1.